The van der Waals surface area contributed by atoms with Crippen LogP contribution in [0.25, 0.3) is 0 Å². The third kappa shape index (κ3) is 3.56. The maximum absolute atomic E-state index is 12.0. The van der Waals surface area contributed by atoms with E-state index in [1.165, 1.54) is 0 Å². The Hall–Kier alpha value is -1.01. The molecule has 1 rings (SSSR count). The molecule has 3 N–H and O–H groups in total. The Morgan fingerprint density at radius 3 is 2.80 bits per heavy atom. The SMILES string of the molecule is CCn1cc(C(CN)NCC(F)F)cn1. The lowest BCUT2D eigenvalue weighted by Crippen LogP contribution is -2.31. The van der Waals surface area contributed by atoms with Crippen LogP contribution in [0.5, 0.6) is 0 Å². The number of nitrogens with two attached hydrogens (primary N) is 1. The largest absolute Gasteiger partial charge is 0.329 e. The fourth-order valence-corrected chi connectivity index (χ4v) is 1.30. The molecule has 15 heavy (non-hydrogen) atoms. The summed E-state index contributed by atoms with van der Waals surface area (Å²) in [5, 5.41) is 6.76. The molecule has 0 aromatic carbocycles. The van der Waals surface area contributed by atoms with Crippen molar-refractivity contribution in [2.24, 2.45) is 5.73 Å². The zero-order valence-corrected chi connectivity index (χ0v) is 8.66. The van der Waals surface area contributed by atoms with Gasteiger partial charge in [-0.15, -0.1) is 0 Å². The Bertz CT molecular complexity index is 287. The van der Waals surface area contributed by atoms with E-state index in [2.05, 4.69) is 10.4 Å². The minimum absolute atomic E-state index is 0.251. The first-order valence-electron chi connectivity index (χ1n) is 4.91. The lowest BCUT2D eigenvalue weighted by molar-refractivity contribution is 0.141. The van der Waals surface area contributed by atoms with Gasteiger partial charge in [0.1, 0.15) is 0 Å². The normalized spacial score (nSPS) is 13.4. The van der Waals surface area contributed by atoms with E-state index in [0.29, 0.717) is 0 Å². The van der Waals surface area contributed by atoms with E-state index in [1.54, 1.807) is 10.9 Å². The Labute approximate surface area is 87.4 Å². The topological polar surface area (TPSA) is 55.9 Å². The molecule has 0 saturated heterocycles. The molecule has 0 bridgehead atoms. The molecule has 0 aliphatic carbocycles. The summed E-state index contributed by atoms with van der Waals surface area (Å²) in [6, 6.07) is -0.251. The van der Waals surface area contributed by atoms with Gasteiger partial charge < -0.3 is 11.1 Å². The summed E-state index contributed by atoms with van der Waals surface area (Å²) >= 11 is 0. The fraction of sp³-hybridized carbons (Fsp3) is 0.667. The first-order valence-corrected chi connectivity index (χ1v) is 4.91. The first kappa shape index (κ1) is 12.1. The summed E-state index contributed by atoms with van der Waals surface area (Å²) in [6.45, 7) is 2.65. The molecular weight excluding hydrogens is 202 g/mol. The molecule has 0 saturated carbocycles. The zero-order chi connectivity index (χ0) is 11.3. The maximum atomic E-state index is 12.0. The summed E-state index contributed by atoms with van der Waals surface area (Å²) in [5.74, 6) is 0. The smallest absolute Gasteiger partial charge is 0.250 e. The average molecular weight is 218 g/mol. The van der Waals surface area contributed by atoms with Crippen LogP contribution in [0.1, 0.15) is 18.5 Å². The Balaban J connectivity index is 2.57. The molecule has 0 spiro atoms. The summed E-state index contributed by atoms with van der Waals surface area (Å²) in [4.78, 5) is 0. The molecule has 0 fully saturated rings. The number of nitrogens with one attached hydrogen (secondary N) is 1. The Kier molecular flexibility index (Phi) is 4.64. The number of nitrogens with zero attached hydrogens (tertiary/aromatic N) is 2. The summed E-state index contributed by atoms with van der Waals surface area (Å²) in [5.41, 5.74) is 6.34. The highest BCUT2D eigenvalue weighted by atomic mass is 19.3. The van der Waals surface area contributed by atoms with Gasteiger partial charge >= 0.3 is 0 Å². The van der Waals surface area contributed by atoms with Gasteiger partial charge in [0, 0.05) is 30.9 Å². The Morgan fingerprint density at radius 2 is 2.33 bits per heavy atom. The van der Waals surface area contributed by atoms with Crippen LogP contribution in [-0.4, -0.2) is 29.3 Å². The Morgan fingerprint density at radius 1 is 1.60 bits per heavy atom. The molecule has 1 unspecified atom stereocenters. The zero-order valence-electron chi connectivity index (χ0n) is 8.66. The number of aromatic nitrogens is 2. The molecule has 86 valence electrons. The van der Waals surface area contributed by atoms with Crippen molar-refractivity contribution in [2.75, 3.05) is 13.1 Å². The molecule has 0 aliphatic heterocycles. The van der Waals surface area contributed by atoms with Gasteiger partial charge in [0.05, 0.1) is 12.7 Å². The maximum Gasteiger partial charge on any atom is 0.250 e. The summed E-state index contributed by atoms with van der Waals surface area (Å²) in [6.07, 6.45) is 1.11. The number of halogens is 2. The fourth-order valence-electron chi connectivity index (χ4n) is 1.30. The molecule has 1 atom stereocenters. The first-order chi connectivity index (χ1) is 7.17. The number of hydrogen-bond donors (Lipinski definition) is 2. The molecule has 1 aromatic heterocycles. The standard InChI is InChI=1S/C9H16F2N4/c1-2-15-6-7(4-14-15)8(3-12)13-5-9(10)11/h4,6,8-9,13H,2-3,5,12H2,1H3. The second-order valence-electron chi connectivity index (χ2n) is 3.22. The van der Waals surface area contributed by atoms with Gasteiger partial charge in [-0.25, -0.2) is 8.78 Å². The van der Waals surface area contributed by atoms with Crippen LogP contribution in [0.2, 0.25) is 0 Å². The molecule has 1 heterocycles. The van der Waals surface area contributed by atoms with Crippen molar-refractivity contribution >= 4 is 0 Å². The predicted molar refractivity (Wildman–Crippen MR) is 53.7 cm³/mol. The predicted octanol–water partition coefficient (Wildman–Crippen LogP) is 0.757. The number of hydrogen-bond acceptors (Lipinski definition) is 3. The van der Waals surface area contributed by atoms with E-state index in [4.69, 9.17) is 5.73 Å². The third-order valence-corrected chi connectivity index (χ3v) is 2.13. The van der Waals surface area contributed by atoms with Gasteiger partial charge in [0.2, 0.25) is 0 Å². The second kappa shape index (κ2) is 5.77. The number of rotatable bonds is 6. The van der Waals surface area contributed by atoms with Crippen molar-refractivity contribution in [1.82, 2.24) is 15.1 Å². The van der Waals surface area contributed by atoms with E-state index >= 15 is 0 Å². The van der Waals surface area contributed by atoms with E-state index in [0.717, 1.165) is 12.1 Å². The van der Waals surface area contributed by atoms with Gasteiger partial charge in [0.25, 0.3) is 6.43 Å². The summed E-state index contributed by atoms with van der Waals surface area (Å²) in [7, 11) is 0. The van der Waals surface area contributed by atoms with Crippen LogP contribution >= 0.6 is 0 Å². The van der Waals surface area contributed by atoms with Crippen LogP contribution < -0.4 is 11.1 Å². The van der Waals surface area contributed by atoms with Gasteiger partial charge in [-0.3, -0.25) is 4.68 Å². The van der Waals surface area contributed by atoms with Gasteiger partial charge in [-0.05, 0) is 6.92 Å². The second-order valence-corrected chi connectivity index (χ2v) is 3.22. The molecule has 1 aromatic rings. The van der Waals surface area contributed by atoms with E-state index in [9.17, 15) is 8.78 Å². The van der Waals surface area contributed by atoms with Crippen molar-refractivity contribution in [3.8, 4) is 0 Å². The lowest BCUT2D eigenvalue weighted by atomic mass is 10.1. The highest BCUT2D eigenvalue weighted by molar-refractivity contribution is 5.10. The molecule has 0 aliphatic rings. The lowest BCUT2D eigenvalue weighted by Gasteiger charge is -2.14. The van der Waals surface area contributed by atoms with E-state index in [-0.39, 0.29) is 19.1 Å². The molecule has 0 radical (unpaired) electrons. The van der Waals surface area contributed by atoms with Crippen LogP contribution in [0, 0.1) is 0 Å². The molecular formula is C9H16F2N4. The van der Waals surface area contributed by atoms with Crippen LogP contribution in [-0.2, 0) is 6.54 Å². The summed E-state index contributed by atoms with van der Waals surface area (Å²) < 4.78 is 25.7. The van der Waals surface area contributed by atoms with Crippen molar-refractivity contribution in [3.63, 3.8) is 0 Å². The van der Waals surface area contributed by atoms with Crippen LogP contribution in [0.15, 0.2) is 12.4 Å². The molecule has 4 nitrogen and oxygen atoms in total. The number of aryl methyl sites for hydroxylation is 1. The van der Waals surface area contributed by atoms with Crippen LogP contribution in [0.3, 0.4) is 0 Å². The minimum Gasteiger partial charge on any atom is -0.329 e. The highest BCUT2D eigenvalue weighted by Gasteiger charge is 2.13. The van der Waals surface area contributed by atoms with Gasteiger partial charge in [0.15, 0.2) is 0 Å². The minimum atomic E-state index is -2.36. The van der Waals surface area contributed by atoms with Gasteiger partial charge in [-0.1, -0.05) is 0 Å². The average Bonchev–Trinajstić information content (AvgIpc) is 2.67. The number of alkyl halides is 2. The van der Waals surface area contributed by atoms with E-state index in [1.807, 2.05) is 13.1 Å². The van der Waals surface area contributed by atoms with Crippen molar-refractivity contribution in [1.29, 1.82) is 0 Å². The molecule has 6 heteroatoms. The monoisotopic (exact) mass is 218 g/mol. The molecule has 0 amide bonds. The quantitative estimate of drug-likeness (QED) is 0.741. The van der Waals surface area contributed by atoms with Crippen molar-refractivity contribution in [3.05, 3.63) is 18.0 Å². The van der Waals surface area contributed by atoms with Crippen LogP contribution in [0.4, 0.5) is 8.78 Å². The highest BCUT2D eigenvalue weighted by Crippen LogP contribution is 2.10. The third-order valence-electron chi connectivity index (χ3n) is 2.13. The van der Waals surface area contributed by atoms with E-state index < -0.39 is 6.43 Å². The van der Waals surface area contributed by atoms with Crippen molar-refractivity contribution in [2.45, 2.75) is 25.9 Å². The van der Waals surface area contributed by atoms with Gasteiger partial charge in [-0.2, -0.15) is 5.10 Å². The van der Waals surface area contributed by atoms with Crippen molar-refractivity contribution < 1.29 is 8.78 Å².